The minimum atomic E-state index is 0.905. The lowest BCUT2D eigenvalue weighted by atomic mass is 9.87. The third-order valence-corrected chi connectivity index (χ3v) is 4.60. The second-order valence-corrected chi connectivity index (χ2v) is 6.03. The van der Waals surface area contributed by atoms with Gasteiger partial charge >= 0.3 is 0 Å². The van der Waals surface area contributed by atoms with E-state index < -0.39 is 0 Å². The summed E-state index contributed by atoms with van der Waals surface area (Å²) in [6.45, 7) is 3.49. The summed E-state index contributed by atoms with van der Waals surface area (Å²) in [7, 11) is 0. The van der Waals surface area contributed by atoms with E-state index in [-0.39, 0.29) is 0 Å². The van der Waals surface area contributed by atoms with Crippen LogP contribution in [0, 0.1) is 5.92 Å². The highest BCUT2D eigenvalue weighted by Crippen LogP contribution is 2.29. The van der Waals surface area contributed by atoms with E-state index in [1.54, 1.807) is 0 Å². The first kappa shape index (κ1) is 12.0. The normalized spacial score (nSPS) is 21.1. The molecule has 2 N–H and O–H groups in total. The van der Waals surface area contributed by atoms with Crippen molar-refractivity contribution in [2.45, 2.75) is 51.6 Å². The van der Waals surface area contributed by atoms with Gasteiger partial charge in [0.25, 0.3) is 0 Å². The van der Waals surface area contributed by atoms with Gasteiger partial charge in [0.1, 0.15) is 0 Å². The molecule has 2 aliphatic rings. The maximum absolute atomic E-state index is 5.85. The molecule has 1 aromatic rings. The Morgan fingerprint density at radius 3 is 2.67 bits per heavy atom. The van der Waals surface area contributed by atoms with Gasteiger partial charge < -0.3 is 5.73 Å². The van der Waals surface area contributed by atoms with Crippen LogP contribution in [0.2, 0.25) is 0 Å². The number of benzene rings is 1. The molecule has 18 heavy (non-hydrogen) atoms. The van der Waals surface area contributed by atoms with Crippen LogP contribution in [-0.2, 0) is 13.1 Å². The van der Waals surface area contributed by atoms with Gasteiger partial charge in [-0.3, -0.25) is 4.90 Å². The van der Waals surface area contributed by atoms with Crippen molar-refractivity contribution in [3.63, 3.8) is 0 Å². The van der Waals surface area contributed by atoms with Gasteiger partial charge in [0.05, 0.1) is 0 Å². The number of fused-ring (bicyclic) bond motifs is 1. The van der Waals surface area contributed by atoms with E-state index >= 15 is 0 Å². The smallest absolute Gasteiger partial charge is 0.0317 e. The Morgan fingerprint density at radius 1 is 1.06 bits per heavy atom. The Kier molecular flexibility index (Phi) is 3.55. The Labute approximate surface area is 110 Å². The van der Waals surface area contributed by atoms with E-state index in [2.05, 4.69) is 17.0 Å². The van der Waals surface area contributed by atoms with Crippen LogP contribution in [0.25, 0.3) is 0 Å². The zero-order valence-electron chi connectivity index (χ0n) is 11.2. The first-order valence-electron chi connectivity index (χ1n) is 7.41. The fourth-order valence-corrected chi connectivity index (χ4v) is 3.48. The van der Waals surface area contributed by atoms with E-state index in [0.29, 0.717) is 0 Å². The van der Waals surface area contributed by atoms with Crippen molar-refractivity contribution < 1.29 is 0 Å². The standard InChI is InChI=1S/C16H24N2/c17-16-7-6-14-11-18(12-15(14)10-16)9-8-13-4-2-1-3-5-13/h6-7,10,13H,1-5,8-9,11-12,17H2. The van der Waals surface area contributed by atoms with Crippen LogP contribution in [0.1, 0.15) is 49.7 Å². The van der Waals surface area contributed by atoms with Crippen LogP contribution in [-0.4, -0.2) is 11.4 Å². The van der Waals surface area contributed by atoms with E-state index in [9.17, 15) is 0 Å². The summed E-state index contributed by atoms with van der Waals surface area (Å²) in [5.41, 5.74) is 9.68. The molecular weight excluding hydrogens is 220 g/mol. The molecule has 2 nitrogen and oxygen atoms in total. The molecule has 0 spiro atoms. The van der Waals surface area contributed by atoms with Crippen molar-refractivity contribution in [1.29, 1.82) is 0 Å². The molecule has 0 saturated heterocycles. The largest absolute Gasteiger partial charge is 0.399 e. The van der Waals surface area contributed by atoms with Gasteiger partial charge in [0.15, 0.2) is 0 Å². The molecule has 0 radical (unpaired) electrons. The molecule has 98 valence electrons. The zero-order valence-corrected chi connectivity index (χ0v) is 11.2. The molecule has 2 heteroatoms. The van der Waals surface area contributed by atoms with Crippen LogP contribution in [0.3, 0.4) is 0 Å². The Morgan fingerprint density at radius 2 is 1.83 bits per heavy atom. The van der Waals surface area contributed by atoms with E-state index in [1.165, 1.54) is 56.2 Å². The quantitative estimate of drug-likeness (QED) is 0.824. The zero-order chi connectivity index (χ0) is 12.4. The second-order valence-electron chi connectivity index (χ2n) is 6.03. The fraction of sp³-hybridized carbons (Fsp3) is 0.625. The molecule has 1 aromatic carbocycles. The SMILES string of the molecule is Nc1ccc2c(c1)CN(CCC1CCCCC1)C2. The lowest BCUT2D eigenvalue weighted by Crippen LogP contribution is -2.21. The van der Waals surface area contributed by atoms with Crippen molar-refractivity contribution >= 4 is 5.69 Å². The summed E-state index contributed by atoms with van der Waals surface area (Å²) in [6, 6.07) is 6.38. The van der Waals surface area contributed by atoms with Crippen LogP contribution >= 0.6 is 0 Å². The van der Waals surface area contributed by atoms with Crippen LogP contribution in [0.4, 0.5) is 5.69 Å². The third kappa shape index (κ3) is 2.69. The van der Waals surface area contributed by atoms with Gasteiger partial charge in [-0.05, 0) is 42.1 Å². The molecule has 0 amide bonds. The van der Waals surface area contributed by atoms with E-state index in [4.69, 9.17) is 5.73 Å². The molecule has 0 atom stereocenters. The van der Waals surface area contributed by atoms with Crippen molar-refractivity contribution in [2.75, 3.05) is 12.3 Å². The van der Waals surface area contributed by atoms with Crippen LogP contribution < -0.4 is 5.73 Å². The summed E-state index contributed by atoms with van der Waals surface area (Å²) < 4.78 is 0. The monoisotopic (exact) mass is 244 g/mol. The fourth-order valence-electron chi connectivity index (χ4n) is 3.48. The first-order valence-corrected chi connectivity index (χ1v) is 7.41. The van der Waals surface area contributed by atoms with Crippen molar-refractivity contribution in [3.8, 4) is 0 Å². The molecule has 1 aliphatic heterocycles. The van der Waals surface area contributed by atoms with E-state index in [0.717, 1.165) is 24.7 Å². The Bertz CT molecular complexity index is 408. The molecule has 0 bridgehead atoms. The van der Waals surface area contributed by atoms with Gasteiger partial charge in [-0.15, -0.1) is 0 Å². The van der Waals surface area contributed by atoms with Gasteiger partial charge in [0, 0.05) is 18.8 Å². The maximum Gasteiger partial charge on any atom is 0.0317 e. The minimum Gasteiger partial charge on any atom is -0.399 e. The number of hydrogen-bond acceptors (Lipinski definition) is 2. The Balaban J connectivity index is 1.51. The number of nitrogen functional groups attached to an aromatic ring is 1. The van der Waals surface area contributed by atoms with Crippen molar-refractivity contribution in [3.05, 3.63) is 29.3 Å². The number of anilines is 1. The summed E-state index contributed by atoms with van der Waals surface area (Å²) >= 11 is 0. The average Bonchev–Trinajstić information content (AvgIpc) is 2.79. The molecule has 1 saturated carbocycles. The molecule has 1 fully saturated rings. The lowest BCUT2D eigenvalue weighted by Gasteiger charge is -2.24. The van der Waals surface area contributed by atoms with Gasteiger partial charge in [-0.1, -0.05) is 38.2 Å². The van der Waals surface area contributed by atoms with Crippen molar-refractivity contribution in [1.82, 2.24) is 4.90 Å². The molecule has 1 heterocycles. The predicted octanol–water partition coefficient (Wildman–Crippen LogP) is 3.55. The number of nitrogens with zero attached hydrogens (tertiary/aromatic N) is 1. The number of nitrogens with two attached hydrogens (primary N) is 1. The molecule has 1 aliphatic carbocycles. The predicted molar refractivity (Wildman–Crippen MR) is 76.2 cm³/mol. The Hall–Kier alpha value is -1.02. The highest BCUT2D eigenvalue weighted by atomic mass is 15.1. The lowest BCUT2D eigenvalue weighted by molar-refractivity contribution is 0.235. The van der Waals surface area contributed by atoms with E-state index in [1.807, 2.05) is 6.07 Å². The molecule has 0 unspecified atom stereocenters. The summed E-state index contributed by atoms with van der Waals surface area (Å²) in [6.07, 6.45) is 8.71. The van der Waals surface area contributed by atoms with Crippen LogP contribution in [0.5, 0.6) is 0 Å². The second kappa shape index (κ2) is 5.31. The topological polar surface area (TPSA) is 29.3 Å². The maximum atomic E-state index is 5.85. The average molecular weight is 244 g/mol. The summed E-state index contributed by atoms with van der Waals surface area (Å²) in [5.74, 6) is 0.993. The highest BCUT2D eigenvalue weighted by molar-refractivity contribution is 5.46. The minimum absolute atomic E-state index is 0.905. The molecular formula is C16H24N2. The van der Waals surface area contributed by atoms with Crippen LogP contribution in [0.15, 0.2) is 18.2 Å². The summed E-state index contributed by atoms with van der Waals surface area (Å²) in [4.78, 5) is 2.58. The van der Waals surface area contributed by atoms with Gasteiger partial charge in [-0.25, -0.2) is 0 Å². The summed E-state index contributed by atoms with van der Waals surface area (Å²) in [5, 5.41) is 0. The van der Waals surface area contributed by atoms with Gasteiger partial charge in [-0.2, -0.15) is 0 Å². The van der Waals surface area contributed by atoms with Crippen molar-refractivity contribution in [2.24, 2.45) is 5.92 Å². The molecule has 0 aromatic heterocycles. The number of rotatable bonds is 3. The number of hydrogen-bond donors (Lipinski definition) is 1. The van der Waals surface area contributed by atoms with Gasteiger partial charge in [0.2, 0.25) is 0 Å². The highest BCUT2D eigenvalue weighted by Gasteiger charge is 2.20. The first-order chi connectivity index (χ1) is 8.81. The third-order valence-electron chi connectivity index (χ3n) is 4.60. The molecule has 3 rings (SSSR count).